The van der Waals surface area contributed by atoms with Gasteiger partial charge in [0.05, 0.1) is 12.1 Å². The molecule has 1 aliphatic heterocycles. The minimum absolute atomic E-state index is 0.0143. The maximum absolute atomic E-state index is 12.4. The summed E-state index contributed by atoms with van der Waals surface area (Å²) in [6, 6.07) is 0. The first kappa shape index (κ1) is 17.7. The molecule has 128 valence electrons. The smallest absolute Gasteiger partial charge is 0.293 e. The lowest BCUT2D eigenvalue weighted by Crippen LogP contribution is -2.24. The first-order chi connectivity index (χ1) is 11.5. The summed E-state index contributed by atoms with van der Waals surface area (Å²) in [4.78, 5) is 22.5. The summed E-state index contributed by atoms with van der Waals surface area (Å²) < 4.78 is 7.51. The lowest BCUT2D eigenvalue weighted by Gasteiger charge is -2.12. The second-order valence-electron chi connectivity index (χ2n) is 4.71. The van der Waals surface area contributed by atoms with Crippen molar-refractivity contribution >= 4 is 35.9 Å². The van der Waals surface area contributed by atoms with E-state index in [9.17, 15) is 14.7 Å². The third-order valence-corrected chi connectivity index (χ3v) is 3.70. The molecule has 2 rings (SSSR count). The molecule has 24 heavy (non-hydrogen) atoms. The minimum Gasteiger partial charge on any atom is -0.493 e. The Bertz CT molecular complexity index is 851. The number of aromatic hydroxyl groups is 1. The van der Waals surface area contributed by atoms with E-state index in [4.69, 9.17) is 12.2 Å². The van der Waals surface area contributed by atoms with Crippen molar-refractivity contribution in [3.05, 3.63) is 15.1 Å². The molecule has 1 aromatic rings. The molecule has 11 heteroatoms. The number of azo groups is 1. The van der Waals surface area contributed by atoms with E-state index in [1.807, 2.05) is 0 Å². The predicted octanol–water partition coefficient (Wildman–Crippen LogP) is 1.54. The number of carbonyl (C=O) groups is 1. The van der Waals surface area contributed by atoms with E-state index >= 15 is 0 Å². The molecule has 0 spiro atoms. The highest BCUT2D eigenvalue weighted by Gasteiger charge is 2.17. The van der Waals surface area contributed by atoms with Gasteiger partial charge in [0, 0.05) is 13.1 Å². The monoisotopic (exact) mass is 352 g/mol. The van der Waals surface area contributed by atoms with Gasteiger partial charge in [-0.05, 0) is 26.1 Å². The Morgan fingerprint density at radius 2 is 2.00 bits per heavy atom. The van der Waals surface area contributed by atoms with E-state index in [1.165, 1.54) is 9.13 Å². The van der Waals surface area contributed by atoms with E-state index in [2.05, 4.69) is 25.2 Å². The number of hydrogen-bond acceptors (Lipinski definition) is 9. The van der Waals surface area contributed by atoms with Crippen molar-refractivity contribution in [2.24, 2.45) is 20.4 Å². The number of hydrogen-bond donors (Lipinski definition) is 1. The van der Waals surface area contributed by atoms with E-state index in [1.54, 1.807) is 13.8 Å². The van der Waals surface area contributed by atoms with Gasteiger partial charge in [0.2, 0.25) is 11.6 Å². The number of nitrogens with zero attached hydrogens (tertiary/aromatic N) is 6. The van der Waals surface area contributed by atoms with Gasteiger partial charge in [0.25, 0.3) is 12.0 Å². The van der Waals surface area contributed by atoms with Gasteiger partial charge >= 0.3 is 0 Å². The summed E-state index contributed by atoms with van der Waals surface area (Å²) in [5.41, 5.74) is -0.235. The van der Waals surface area contributed by atoms with Gasteiger partial charge in [-0.25, -0.2) is 0 Å². The SMILES string of the molecule is CCn1c(O)c(N=NC2=NN=C(COC=O)C2)c(=O)n(CC)c1=S. The fourth-order valence-electron chi connectivity index (χ4n) is 2.08. The Kier molecular flexibility index (Phi) is 5.68. The molecule has 0 saturated carbocycles. The van der Waals surface area contributed by atoms with Crippen molar-refractivity contribution in [3.63, 3.8) is 0 Å². The van der Waals surface area contributed by atoms with Gasteiger partial charge in [-0.3, -0.25) is 18.7 Å². The average molecular weight is 352 g/mol. The fraction of sp³-hybridized carbons (Fsp3) is 0.462. The molecule has 2 heterocycles. The van der Waals surface area contributed by atoms with Crippen molar-refractivity contribution in [1.82, 2.24) is 9.13 Å². The van der Waals surface area contributed by atoms with Crippen LogP contribution in [0.1, 0.15) is 20.3 Å². The van der Waals surface area contributed by atoms with Crippen LogP contribution in [0.4, 0.5) is 5.69 Å². The number of amidine groups is 1. The Hall–Kier alpha value is -2.69. The maximum Gasteiger partial charge on any atom is 0.293 e. The first-order valence-corrected chi connectivity index (χ1v) is 7.60. The largest absolute Gasteiger partial charge is 0.493 e. The third-order valence-electron chi connectivity index (χ3n) is 3.26. The molecule has 0 radical (unpaired) electrons. The van der Waals surface area contributed by atoms with Gasteiger partial charge in [0.15, 0.2) is 10.6 Å². The number of ether oxygens (including phenoxy) is 1. The lowest BCUT2D eigenvalue weighted by molar-refractivity contribution is -0.127. The highest BCUT2D eigenvalue weighted by atomic mass is 32.1. The zero-order chi connectivity index (χ0) is 17.7. The molecule has 1 N–H and O–H groups in total. The molecule has 0 aliphatic carbocycles. The van der Waals surface area contributed by atoms with Gasteiger partial charge in [-0.15, -0.1) is 15.3 Å². The molecule has 1 aliphatic rings. The maximum atomic E-state index is 12.4. The normalized spacial score (nSPS) is 13.9. The second kappa shape index (κ2) is 7.73. The van der Waals surface area contributed by atoms with Crippen LogP contribution in [0, 0.1) is 4.77 Å². The fourth-order valence-corrected chi connectivity index (χ4v) is 2.51. The van der Waals surface area contributed by atoms with E-state index in [-0.39, 0.29) is 35.2 Å². The van der Waals surface area contributed by atoms with Crippen LogP contribution < -0.4 is 5.56 Å². The minimum atomic E-state index is -0.530. The zero-order valence-electron chi connectivity index (χ0n) is 13.2. The van der Waals surface area contributed by atoms with Crippen molar-refractivity contribution in [2.45, 2.75) is 33.4 Å². The van der Waals surface area contributed by atoms with Crippen LogP contribution in [-0.2, 0) is 22.6 Å². The molecule has 0 atom stereocenters. The molecule has 0 aromatic carbocycles. The van der Waals surface area contributed by atoms with Crippen LogP contribution in [0.15, 0.2) is 25.2 Å². The van der Waals surface area contributed by atoms with E-state index < -0.39 is 5.56 Å². The van der Waals surface area contributed by atoms with Crippen LogP contribution >= 0.6 is 12.2 Å². The van der Waals surface area contributed by atoms with Crippen molar-refractivity contribution in [3.8, 4) is 5.88 Å². The Balaban J connectivity index is 2.30. The Labute approximate surface area is 141 Å². The molecule has 0 fully saturated rings. The van der Waals surface area contributed by atoms with Gasteiger partial charge in [0.1, 0.15) is 6.61 Å². The van der Waals surface area contributed by atoms with Gasteiger partial charge in [-0.2, -0.15) is 5.10 Å². The van der Waals surface area contributed by atoms with Gasteiger partial charge in [-0.1, -0.05) is 0 Å². The summed E-state index contributed by atoms with van der Waals surface area (Å²) in [7, 11) is 0. The van der Waals surface area contributed by atoms with Crippen LogP contribution in [0.5, 0.6) is 5.88 Å². The Morgan fingerprint density at radius 3 is 2.62 bits per heavy atom. The number of carbonyl (C=O) groups excluding carboxylic acids is 1. The predicted molar refractivity (Wildman–Crippen MR) is 88.6 cm³/mol. The molecular weight excluding hydrogens is 336 g/mol. The molecule has 10 nitrogen and oxygen atoms in total. The standard InChI is InChI=1S/C13H16N6O4S/c1-3-18-11(21)10(12(22)19(4-2)13(18)24)17-16-9-5-8(14-15-9)6-23-7-20/h7,21H,3-6H2,1-2H3. The molecule has 0 amide bonds. The molecule has 1 aromatic heterocycles. The van der Waals surface area contributed by atoms with Crippen molar-refractivity contribution in [1.29, 1.82) is 0 Å². The van der Waals surface area contributed by atoms with Crippen molar-refractivity contribution in [2.75, 3.05) is 6.61 Å². The Morgan fingerprint density at radius 1 is 1.29 bits per heavy atom. The van der Waals surface area contributed by atoms with Crippen LogP contribution in [0.25, 0.3) is 0 Å². The van der Waals surface area contributed by atoms with Crippen LogP contribution in [0.2, 0.25) is 0 Å². The number of aromatic nitrogens is 2. The quantitative estimate of drug-likeness (QED) is 0.472. The van der Waals surface area contributed by atoms with Crippen molar-refractivity contribution < 1.29 is 14.6 Å². The number of rotatable bonds is 6. The summed E-state index contributed by atoms with van der Waals surface area (Å²) >= 11 is 5.18. The first-order valence-electron chi connectivity index (χ1n) is 7.19. The molecular formula is C13H16N6O4S. The average Bonchev–Trinajstić information content (AvgIpc) is 3.01. The third kappa shape index (κ3) is 3.45. The topological polar surface area (TPSA) is 123 Å². The lowest BCUT2D eigenvalue weighted by atomic mass is 10.3. The highest BCUT2D eigenvalue weighted by Crippen LogP contribution is 2.23. The zero-order valence-corrected chi connectivity index (χ0v) is 14.0. The van der Waals surface area contributed by atoms with Gasteiger partial charge < -0.3 is 9.84 Å². The summed E-state index contributed by atoms with van der Waals surface area (Å²) in [5.74, 6) is -0.100. The molecule has 0 unspecified atom stereocenters. The summed E-state index contributed by atoms with van der Waals surface area (Å²) in [6.07, 6.45) is 0.243. The molecule has 0 bridgehead atoms. The summed E-state index contributed by atoms with van der Waals surface area (Å²) in [6.45, 7) is 4.61. The van der Waals surface area contributed by atoms with Crippen LogP contribution in [-0.4, -0.2) is 38.9 Å². The van der Waals surface area contributed by atoms with E-state index in [0.29, 0.717) is 25.3 Å². The highest BCUT2D eigenvalue weighted by molar-refractivity contribution is 7.71. The second-order valence-corrected chi connectivity index (χ2v) is 5.08. The summed E-state index contributed by atoms with van der Waals surface area (Å²) in [5, 5.41) is 25.5. The van der Waals surface area contributed by atoms with E-state index in [0.717, 1.165) is 0 Å². The molecule has 0 saturated heterocycles. The van der Waals surface area contributed by atoms with Crippen LogP contribution in [0.3, 0.4) is 0 Å².